The van der Waals surface area contributed by atoms with Gasteiger partial charge in [0.1, 0.15) is 0 Å². The first-order valence-electron chi connectivity index (χ1n) is 7.69. The minimum atomic E-state index is -2.94. The fourth-order valence-electron chi connectivity index (χ4n) is 3.50. The molecule has 0 saturated carbocycles. The number of halogens is 1. The standard InChI is InChI=1S/C16H22BrNO3S/c1-12-8-14(17)9-13-2-5-18(10-15(12)13)11-16(19)3-6-22(20,21)7-4-16/h8-9,19H,2-7,10-11H2,1H3. The van der Waals surface area contributed by atoms with Gasteiger partial charge in [-0.3, -0.25) is 4.90 Å². The number of benzene rings is 1. The maximum absolute atomic E-state index is 11.5. The zero-order chi connectivity index (χ0) is 16.0. The molecule has 0 bridgehead atoms. The molecule has 1 aromatic rings. The number of nitrogens with zero attached hydrogens (tertiary/aromatic N) is 1. The Balaban J connectivity index is 1.70. The van der Waals surface area contributed by atoms with Crippen LogP contribution in [0.5, 0.6) is 0 Å². The highest BCUT2D eigenvalue weighted by Gasteiger charge is 2.37. The van der Waals surface area contributed by atoms with E-state index in [9.17, 15) is 13.5 Å². The minimum Gasteiger partial charge on any atom is -0.388 e. The number of β-amino-alcohol motifs (C(OH)–C–C–N with tert-alkyl or cyclic N) is 1. The molecule has 2 aliphatic heterocycles. The summed E-state index contributed by atoms with van der Waals surface area (Å²) >= 11 is 3.54. The van der Waals surface area contributed by atoms with Crippen LogP contribution in [0.1, 0.15) is 29.5 Å². The van der Waals surface area contributed by atoms with Crippen LogP contribution in [0.3, 0.4) is 0 Å². The quantitative estimate of drug-likeness (QED) is 0.843. The predicted octanol–water partition coefficient (Wildman–Crippen LogP) is 2.06. The summed E-state index contributed by atoms with van der Waals surface area (Å²) in [6.07, 6.45) is 1.69. The Morgan fingerprint density at radius 3 is 2.68 bits per heavy atom. The van der Waals surface area contributed by atoms with Gasteiger partial charge >= 0.3 is 0 Å². The zero-order valence-electron chi connectivity index (χ0n) is 12.8. The Hall–Kier alpha value is -0.430. The Labute approximate surface area is 140 Å². The zero-order valence-corrected chi connectivity index (χ0v) is 15.2. The number of sulfone groups is 1. The average molecular weight is 388 g/mol. The highest BCUT2D eigenvalue weighted by atomic mass is 79.9. The predicted molar refractivity (Wildman–Crippen MR) is 90.7 cm³/mol. The van der Waals surface area contributed by atoms with Crippen molar-refractivity contribution in [1.29, 1.82) is 0 Å². The smallest absolute Gasteiger partial charge is 0.150 e. The molecule has 2 aliphatic rings. The van der Waals surface area contributed by atoms with E-state index in [4.69, 9.17) is 0 Å². The van der Waals surface area contributed by atoms with Crippen LogP contribution in [-0.4, -0.2) is 48.6 Å². The lowest BCUT2D eigenvalue weighted by atomic mass is 9.92. The highest BCUT2D eigenvalue weighted by Crippen LogP contribution is 2.30. The fraction of sp³-hybridized carbons (Fsp3) is 0.625. The molecule has 122 valence electrons. The van der Waals surface area contributed by atoms with Crippen molar-refractivity contribution in [2.75, 3.05) is 24.6 Å². The summed E-state index contributed by atoms with van der Waals surface area (Å²) in [6, 6.07) is 4.31. The summed E-state index contributed by atoms with van der Waals surface area (Å²) in [5, 5.41) is 10.7. The second-order valence-electron chi connectivity index (χ2n) is 6.70. The van der Waals surface area contributed by atoms with E-state index in [1.54, 1.807) is 0 Å². The second kappa shape index (κ2) is 5.89. The van der Waals surface area contributed by atoms with Crippen molar-refractivity contribution in [2.45, 2.75) is 38.3 Å². The molecule has 0 spiro atoms. The third-order valence-electron chi connectivity index (χ3n) is 4.88. The first-order valence-corrected chi connectivity index (χ1v) is 10.3. The van der Waals surface area contributed by atoms with E-state index in [2.05, 4.69) is 39.9 Å². The van der Waals surface area contributed by atoms with Crippen molar-refractivity contribution in [3.8, 4) is 0 Å². The SMILES string of the molecule is Cc1cc(Br)cc2c1CN(CC1(O)CCS(=O)(=O)CC1)CC2. The Morgan fingerprint density at radius 1 is 1.32 bits per heavy atom. The summed E-state index contributed by atoms with van der Waals surface area (Å²) in [6.45, 7) is 4.44. The molecule has 1 aromatic carbocycles. The van der Waals surface area contributed by atoms with Crippen LogP contribution in [0.25, 0.3) is 0 Å². The number of rotatable bonds is 2. The largest absolute Gasteiger partial charge is 0.388 e. The average Bonchev–Trinajstić information content (AvgIpc) is 2.44. The summed E-state index contributed by atoms with van der Waals surface area (Å²) < 4.78 is 24.2. The number of fused-ring (bicyclic) bond motifs is 1. The van der Waals surface area contributed by atoms with Crippen molar-refractivity contribution in [3.63, 3.8) is 0 Å². The van der Waals surface area contributed by atoms with E-state index < -0.39 is 15.4 Å². The van der Waals surface area contributed by atoms with Gasteiger partial charge in [-0.05, 0) is 55.0 Å². The molecule has 1 saturated heterocycles. The molecular formula is C16H22BrNO3S. The number of hydrogen-bond donors (Lipinski definition) is 1. The molecule has 22 heavy (non-hydrogen) atoms. The number of aliphatic hydroxyl groups is 1. The van der Waals surface area contributed by atoms with Gasteiger partial charge in [0.15, 0.2) is 9.84 Å². The highest BCUT2D eigenvalue weighted by molar-refractivity contribution is 9.10. The van der Waals surface area contributed by atoms with E-state index in [1.165, 1.54) is 16.7 Å². The summed E-state index contributed by atoms with van der Waals surface area (Å²) in [4.78, 5) is 2.27. The molecule has 0 unspecified atom stereocenters. The van der Waals surface area contributed by atoms with E-state index in [1.807, 2.05) is 0 Å². The van der Waals surface area contributed by atoms with Gasteiger partial charge in [0.25, 0.3) is 0 Å². The maximum atomic E-state index is 11.5. The molecule has 6 heteroatoms. The number of aryl methyl sites for hydroxylation is 1. The Morgan fingerprint density at radius 2 is 2.00 bits per heavy atom. The second-order valence-corrected chi connectivity index (χ2v) is 9.92. The van der Waals surface area contributed by atoms with E-state index >= 15 is 0 Å². The van der Waals surface area contributed by atoms with Crippen LogP contribution < -0.4 is 0 Å². The van der Waals surface area contributed by atoms with E-state index in [-0.39, 0.29) is 11.5 Å². The fourth-order valence-corrected chi connectivity index (χ4v) is 5.71. The molecule has 1 fully saturated rings. The topological polar surface area (TPSA) is 57.6 Å². The molecule has 0 amide bonds. The third-order valence-corrected chi connectivity index (χ3v) is 6.99. The van der Waals surface area contributed by atoms with Crippen molar-refractivity contribution in [3.05, 3.63) is 33.3 Å². The van der Waals surface area contributed by atoms with Gasteiger partial charge in [-0.15, -0.1) is 0 Å². The van der Waals surface area contributed by atoms with Crippen molar-refractivity contribution in [2.24, 2.45) is 0 Å². The molecule has 4 nitrogen and oxygen atoms in total. The maximum Gasteiger partial charge on any atom is 0.150 e. The first kappa shape index (κ1) is 16.4. The molecule has 0 radical (unpaired) electrons. The van der Waals surface area contributed by atoms with E-state index in [0.29, 0.717) is 19.4 Å². The summed E-state index contributed by atoms with van der Waals surface area (Å²) in [5.74, 6) is 0.222. The van der Waals surface area contributed by atoms with Gasteiger partial charge in [-0.2, -0.15) is 0 Å². The van der Waals surface area contributed by atoms with Crippen LogP contribution in [0.15, 0.2) is 16.6 Å². The Bertz CT molecular complexity index is 673. The van der Waals surface area contributed by atoms with Gasteiger partial charge in [0.2, 0.25) is 0 Å². The third kappa shape index (κ3) is 3.55. The van der Waals surface area contributed by atoms with Gasteiger partial charge in [0, 0.05) is 24.1 Å². The molecule has 2 heterocycles. The molecular weight excluding hydrogens is 366 g/mol. The monoisotopic (exact) mass is 387 g/mol. The molecule has 0 aromatic heterocycles. The molecule has 1 N–H and O–H groups in total. The van der Waals surface area contributed by atoms with Crippen molar-refractivity contribution >= 4 is 25.8 Å². The lowest BCUT2D eigenvalue weighted by Gasteiger charge is -2.39. The molecule has 3 rings (SSSR count). The van der Waals surface area contributed by atoms with Gasteiger partial charge < -0.3 is 5.11 Å². The normalized spacial score (nSPS) is 24.0. The Kier molecular flexibility index (Phi) is 4.40. The van der Waals surface area contributed by atoms with E-state index in [0.717, 1.165) is 24.0 Å². The van der Waals surface area contributed by atoms with Crippen LogP contribution in [0.4, 0.5) is 0 Å². The van der Waals surface area contributed by atoms with Crippen LogP contribution in [0, 0.1) is 6.92 Å². The molecule has 0 atom stereocenters. The van der Waals surface area contributed by atoms with Crippen molar-refractivity contribution in [1.82, 2.24) is 4.90 Å². The first-order chi connectivity index (χ1) is 10.3. The van der Waals surface area contributed by atoms with Gasteiger partial charge in [-0.25, -0.2) is 8.42 Å². The minimum absolute atomic E-state index is 0.111. The van der Waals surface area contributed by atoms with Crippen molar-refractivity contribution < 1.29 is 13.5 Å². The van der Waals surface area contributed by atoms with Gasteiger partial charge in [-0.1, -0.05) is 15.9 Å². The van der Waals surface area contributed by atoms with Gasteiger partial charge in [0.05, 0.1) is 17.1 Å². The lowest BCUT2D eigenvalue weighted by molar-refractivity contribution is -0.00840. The number of hydrogen-bond acceptors (Lipinski definition) is 4. The summed E-state index contributed by atoms with van der Waals surface area (Å²) in [7, 11) is -2.94. The summed E-state index contributed by atoms with van der Waals surface area (Å²) in [5.41, 5.74) is 3.14. The molecule has 0 aliphatic carbocycles. The van der Waals surface area contributed by atoms with Crippen LogP contribution in [-0.2, 0) is 22.8 Å². The van der Waals surface area contributed by atoms with Crippen LogP contribution >= 0.6 is 15.9 Å². The van der Waals surface area contributed by atoms with Crippen LogP contribution in [0.2, 0.25) is 0 Å². The lowest BCUT2D eigenvalue weighted by Crippen LogP contribution is -2.49.